The SMILES string of the molecule is O.O.O.[Na+].[Na+].[Na+].[O]=[Sb]([O-])([O-])[O-]. The van der Waals surface area contributed by atoms with E-state index in [1.807, 2.05) is 0 Å². The average Bonchev–Trinajstić information content (AvgIpc) is 0.722. The van der Waals surface area contributed by atoms with Crippen LogP contribution < -0.4 is 98.8 Å². The van der Waals surface area contributed by atoms with Gasteiger partial charge in [-0.25, -0.2) is 0 Å². The Morgan fingerprint density at radius 1 is 0.727 bits per heavy atom. The van der Waals surface area contributed by atoms with Gasteiger partial charge in [0.05, 0.1) is 0 Å². The molecular weight excluding hydrogens is 303 g/mol. The van der Waals surface area contributed by atoms with Crippen molar-refractivity contribution >= 4 is 20.1 Å². The summed E-state index contributed by atoms with van der Waals surface area (Å²) >= 11 is -6.10. The molecular formula is H6Na3O7Sb. The molecule has 0 saturated carbocycles. The third-order valence-electron chi connectivity index (χ3n) is 0. The maximum atomic E-state index is 8.64. The van der Waals surface area contributed by atoms with Gasteiger partial charge in [-0.15, -0.1) is 0 Å². The van der Waals surface area contributed by atoms with Gasteiger partial charge in [-0.3, -0.25) is 0 Å². The van der Waals surface area contributed by atoms with E-state index < -0.39 is 20.1 Å². The zero-order valence-electron chi connectivity index (χ0n) is 6.58. The van der Waals surface area contributed by atoms with Gasteiger partial charge in [0.2, 0.25) is 0 Å². The molecule has 0 radical (unpaired) electrons. The first kappa shape index (κ1) is 47.3. The zero-order chi connectivity index (χ0) is 4.50. The minimum absolute atomic E-state index is 0. The monoisotopic (exact) mass is 308 g/mol. The van der Waals surface area contributed by atoms with Gasteiger partial charge in [0.25, 0.3) is 0 Å². The Hall–Kier alpha value is 3.38. The molecule has 0 amide bonds. The molecule has 0 aromatic carbocycles. The van der Waals surface area contributed by atoms with E-state index in [2.05, 4.69) is 0 Å². The second kappa shape index (κ2) is 23.3. The van der Waals surface area contributed by atoms with E-state index in [9.17, 15) is 0 Å². The topological polar surface area (TPSA) is 181 Å². The van der Waals surface area contributed by atoms with Crippen LogP contribution in [0.3, 0.4) is 0 Å². The standard InChI is InChI=1S/3Na.3H2O.4O.Sb/h;;;3*1H2;;;;;/q3*+1;;;;;3*-1;. The first-order chi connectivity index (χ1) is 2.00. The fourth-order valence-corrected chi connectivity index (χ4v) is 0. The maximum absolute atomic E-state index is 8.64. The summed E-state index contributed by atoms with van der Waals surface area (Å²) < 4.78 is 34.6. The fourth-order valence-electron chi connectivity index (χ4n) is 0. The molecule has 0 fully saturated rings. The van der Waals surface area contributed by atoms with Crippen LogP contribution in [0.25, 0.3) is 0 Å². The van der Waals surface area contributed by atoms with Gasteiger partial charge in [0, 0.05) is 0 Å². The van der Waals surface area contributed by atoms with Crippen LogP contribution in [0.15, 0.2) is 0 Å². The van der Waals surface area contributed by atoms with Crippen molar-refractivity contribution in [2.24, 2.45) is 0 Å². The van der Waals surface area contributed by atoms with Crippen molar-refractivity contribution in [3.63, 3.8) is 0 Å². The molecule has 0 aromatic rings. The molecule has 7 nitrogen and oxygen atoms in total. The predicted octanol–water partition coefficient (Wildman–Crippen LogP) is -15.5. The summed E-state index contributed by atoms with van der Waals surface area (Å²) in [5, 5.41) is 0. The van der Waals surface area contributed by atoms with Gasteiger partial charge in [0.15, 0.2) is 0 Å². The Bertz CT molecular complexity index is 59.8. The van der Waals surface area contributed by atoms with Gasteiger partial charge >= 0.3 is 122 Å². The molecule has 0 spiro atoms. The number of rotatable bonds is 0. The fraction of sp³-hybridized carbons (Fsp3) is 0. The minimum atomic E-state index is -6.10. The number of hydrogen-bond acceptors (Lipinski definition) is 4. The second-order valence-corrected chi connectivity index (χ2v) is 3.00. The predicted molar refractivity (Wildman–Crippen MR) is 17.3 cm³/mol. The van der Waals surface area contributed by atoms with E-state index in [4.69, 9.17) is 13.2 Å². The molecule has 6 N–H and O–H groups in total. The molecule has 0 rings (SSSR count). The Morgan fingerprint density at radius 2 is 0.727 bits per heavy atom. The molecule has 0 aliphatic carbocycles. The van der Waals surface area contributed by atoms with E-state index in [1.165, 1.54) is 0 Å². The van der Waals surface area contributed by atoms with Crippen LogP contribution in [0.1, 0.15) is 0 Å². The zero-order valence-corrected chi connectivity index (χ0v) is 15.1. The third-order valence-corrected chi connectivity index (χ3v) is 0. The Kier molecular flexibility index (Phi) is 100. The summed E-state index contributed by atoms with van der Waals surface area (Å²) in [5.41, 5.74) is 0. The Labute approximate surface area is 135 Å². The molecule has 0 bridgehead atoms. The molecule has 0 saturated heterocycles. The van der Waals surface area contributed by atoms with Gasteiger partial charge in [-0.1, -0.05) is 0 Å². The van der Waals surface area contributed by atoms with Crippen molar-refractivity contribution in [1.29, 1.82) is 0 Å². The van der Waals surface area contributed by atoms with E-state index in [1.54, 1.807) is 0 Å². The van der Waals surface area contributed by atoms with Crippen LogP contribution in [0.2, 0.25) is 0 Å². The van der Waals surface area contributed by atoms with Crippen molar-refractivity contribution < 1.29 is 118 Å². The third kappa shape index (κ3) is 152. The van der Waals surface area contributed by atoms with E-state index in [-0.39, 0.29) is 105 Å². The molecule has 0 aliphatic rings. The van der Waals surface area contributed by atoms with Gasteiger partial charge < -0.3 is 16.4 Å². The van der Waals surface area contributed by atoms with Crippen molar-refractivity contribution in [3.05, 3.63) is 0 Å². The van der Waals surface area contributed by atoms with Crippen molar-refractivity contribution in [1.82, 2.24) is 0 Å². The molecule has 0 unspecified atom stereocenters. The summed E-state index contributed by atoms with van der Waals surface area (Å²) in [5.74, 6) is 0. The van der Waals surface area contributed by atoms with E-state index >= 15 is 0 Å². The first-order valence-electron chi connectivity index (χ1n) is 0.730. The Balaban J connectivity index is -0.00000000533. The van der Waals surface area contributed by atoms with Crippen molar-refractivity contribution in [3.8, 4) is 0 Å². The summed E-state index contributed by atoms with van der Waals surface area (Å²) in [4.78, 5) is 0. The normalized spacial score (nSPS) is 5.36. The molecule has 11 heteroatoms. The summed E-state index contributed by atoms with van der Waals surface area (Å²) in [6.07, 6.45) is 0. The van der Waals surface area contributed by atoms with Crippen LogP contribution >= 0.6 is 0 Å². The van der Waals surface area contributed by atoms with E-state index in [0.29, 0.717) is 0 Å². The van der Waals surface area contributed by atoms with Crippen LogP contribution in [0.5, 0.6) is 0 Å². The van der Waals surface area contributed by atoms with Crippen LogP contribution in [-0.2, 0) is 3.02 Å². The molecule has 11 heavy (non-hydrogen) atoms. The second-order valence-electron chi connectivity index (χ2n) is 0.447. The average molecular weight is 309 g/mol. The van der Waals surface area contributed by atoms with Gasteiger partial charge in [-0.2, -0.15) is 0 Å². The van der Waals surface area contributed by atoms with Gasteiger partial charge in [-0.05, 0) is 0 Å². The van der Waals surface area contributed by atoms with Crippen LogP contribution in [-0.4, -0.2) is 36.5 Å². The van der Waals surface area contributed by atoms with Crippen molar-refractivity contribution in [2.75, 3.05) is 0 Å². The molecule has 0 aliphatic heterocycles. The van der Waals surface area contributed by atoms with E-state index in [0.717, 1.165) is 0 Å². The van der Waals surface area contributed by atoms with Crippen molar-refractivity contribution in [2.45, 2.75) is 0 Å². The molecule has 0 aromatic heterocycles. The summed E-state index contributed by atoms with van der Waals surface area (Å²) in [6.45, 7) is 0. The number of hydrogen-bond donors (Lipinski definition) is 0. The molecule has 56 valence electrons. The molecule has 0 heterocycles. The first-order valence-corrected chi connectivity index (χ1v) is 4.90. The summed E-state index contributed by atoms with van der Waals surface area (Å²) in [6, 6.07) is 0. The Morgan fingerprint density at radius 3 is 0.727 bits per heavy atom. The quantitative estimate of drug-likeness (QED) is 0.403. The molecule has 0 atom stereocenters. The summed E-state index contributed by atoms with van der Waals surface area (Å²) in [7, 11) is 0. The van der Waals surface area contributed by atoms with Crippen LogP contribution in [0, 0.1) is 0 Å². The van der Waals surface area contributed by atoms with Crippen LogP contribution in [0.4, 0.5) is 0 Å². The van der Waals surface area contributed by atoms with Gasteiger partial charge in [0.1, 0.15) is 0 Å².